The summed E-state index contributed by atoms with van der Waals surface area (Å²) in [6, 6.07) is 9.24. The predicted octanol–water partition coefficient (Wildman–Crippen LogP) is 1.75. The van der Waals surface area contributed by atoms with E-state index in [4.69, 9.17) is 4.74 Å². The minimum absolute atomic E-state index is 0.00840. The summed E-state index contributed by atoms with van der Waals surface area (Å²) in [6.45, 7) is 1.44. The first-order valence-electron chi connectivity index (χ1n) is 9.47. The lowest BCUT2D eigenvalue weighted by Gasteiger charge is -2.15. The highest BCUT2D eigenvalue weighted by Gasteiger charge is 2.46. The van der Waals surface area contributed by atoms with Crippen LogP contribution in [-0.4, -0.2) is 41.7 Å². The maximum atomic E-state index is 12.3. The number of hydrogen-bond donors (Lipinski definition) is 1. The molecule has 7 heteroatoms. The number of fused-ring (bicyclic) bond motifs is 1. The molecule has 1 heterocycles. The van der Waals surface area contributed by atoms with Gasteiger partial charge in [-0.2, -0.15) is 0 Å². The van der Waals surface area contributed by atoms with E-state index in [1.165, 1.54) is 0 Å². The molecule has 0 saturated carbocycles. The molecule has 1 saturated heterocycles. The molecule has 1 fully saturated rings. The van der Waals surface area contributed by atoms with E-state index in [1.807, 2.05) is 49.4 Å². The quantitative estimate of drug-likeness (QED) is 0.439. The molecule has 2 aliphatic rings. The van der Waals surface area contributed by atoms with Gasteiger partial charge in [0.1, 0.15) is 0 Å². The van der Waals surface area contributed by atoms with E-state index in [-0.39, 0.29) is 42.7 Å². The summed E-state index contributed by atoms with van der Waals surface area (Å²) in [6.07, 6.45) is 4.84. The Labute approximate surface area is 163 Å². The third kappa shape index (κ3) is 4.47. The number of allylic oxidation sites excluding steroid dienone is 2. The second kappa shape index (κ2) is 8.82. The summed E-state index contributed by atoms with van der Waals surface area (Å²) in [5.41, 5.74) is 0.948. The average Bonchev–Trinajstić information content (AvgIpc) is 2.96. The number of carbonyl (C=O) groups is 4. The Morgan fingerprint density at radius 3 is 2.32 bits per heavy atom. The zero-order chi connectivity index (χ0) is 20.1. The summed E-state index contributed by atoms with van der Waals surface area (Å²) in [4.78, 5) is 49.7. The van der Waals surface area contributed by atoms with Gasteiger partial charge in [-0.1, -0.05) is 42.5 Å². The van der Waals surface area contributed by atoms with E-state index < -0.39 is 18.5 Å². The third-order valence-corrected chi connectivity index (χ3v) is 5.18. The van der Waals surface area contributed by atoms with Crippen LogP contribution in [0.2, 0.25) is 0 Å². The zero-order valence-corrected chi connectivity index (χ0v) is 15.8. The van der Waals surface area contributed by atoms with Crippen LogP contribution in [0, 0.1) is 11.8 Å². The van der Waals surface area contributed by atoms with E-state index in [0.29, 0.717) is 12.8 Å². The van der Waals surface area contributed by atoms with Gasteiger partial charge >= 0.3 is 5.97 Å². The lowest BCUT2D eigenvalue weighted by Crippen LogP contribution is -2.34. The lowest BCUT2D eigenvalue weighted by atomic mass is 9.85. The molecule has 0 bridgehead atoms. The van der Waals surface area contributed by atoms with Crippen molar-refractivity contribution in [2.75, 3.05) is 13.2 Å². The number of esters is 1. The molecule has 1 aliphatic heterocycles. The predicted molar refractivity (Wildman–Crippen MR) is 101 cm³/mol. The van der Waals surface area contributed by atoms with Crippen molar-refractivity contribution in [2.45, 2.75) is 32.2 Å². The van der Waals surface area contributed by atoms with Crippen molar-refractivity contribution in [3.05, 3.63) is 48.0 Å². The Hall–Kier alpha value is -2.96. The number of ether oxygens (including phenoxy) is 1. The minimum atomic E-state index is -0.615. The number of likely N-dealkylation sites (tertiary alicyclic amines) is 1. The third-order valence-electron chi connectivity index (χ3n) is 5.18. The molecule has 0 radical (unpaired) electrons. The maximum absolute atomic E-state index is 12.3. The highest BCUT2D eigenvalue weighted by atomic mass is 16.5. The molecule has 0 unspecified atom stereocenters. The molecule has 1 N–H and O–H groups in total. The zero-order valence-electron chi connectivity index (χ0n) is 15.8. The molecule has 148 valence electrons. The van der Waals surface area contributed by atoms with Gasteiger partial charge in [-0.25, -0.2) is 0 Å². The van der Waals surface area contributed by atoms with Crippen molar-refractivity contribution >= 4 is 23.7 Å². The molecule has 1 aromatic rings. The van der Waals surface area contributed by atoms with Gasteiger partial charge in [-0.3, -0.25) is 24.1 Å². The summed E-state index contributed by atoms with van der Waals surface area (Å²) in [5.74, 6) is -2.08. The number of imide groups is 1. The van der Waals surface area contributed by atoms with Crippen molar-refractivity contribution in [2.24, 2.45) is 11.8 Å². The molecular formula is C21H24N2O5. The van der Waals surface area contributed by atoms with Gasteiger partial charge in [-0.15, -0.1) is 0 Å². The first-order chi connectivity index (χ1) is 13.5. The molecule has 28 heavy (non-hydrogen) atoms. The molecule has 3 amide bonds. The summed E-state index contributed by atoms with van der Waals surface area (Å²) < 4.78 is 4.98. The molecule has 0 spiro atoms. The monoisotopic (exact) mass is 384 g/mol. The minimum Gasteiger partial charge on any atom is -0.456 e. The second-order valence-electron chi connectivity index (χ2n) is 7.09. The Morgan fingerprint density at radius 2 is 1.71 bits per heavy atom. The molecular weight excluding hydrogens is 360 g/mol. The Balaban J connectivity index is 1.40. The van der Waals surface area contributed by atoms with Crippen LogP contribution < -0.4 is 5.32 Å². The van der Waals surface area contributed by atoms with Gasteiger partial charge in [0.05, 0.1) is 24.3 Å². The Bertz CT molecular complexity index is 763. The van der Waals surface area contributed by atoms with Gasteiger partial charge in [0, 0.05) is 6.54 Å². The van der Waals surface area contributed by atoms with Crippen molar-refractivity contribution in [1.82, 2.24) is 10.2 Å². The number of hydrogen-bond acceptors (Lipinski definition) is 5. The fourth-order valence-corrected chi connectivity index (χ4v) is 3.62. The molecule has 1 aromatic carbocycles. The molecule has 7 nitrogen and oxygen atoms in total. The van der Waals surface area contributed by atoms with Crippen molar-refractivity contribution in [1.29, 1.82) is 0 Å². The highest BCUT2D eigenvalue weighted by Crippen LogP contribution is 2.34. The van der Waals surface area contributed by atoms with Crippen LogP contribution in [0.3, 0.4) is 0 Å². The number of carbonyl (C=O) groups excluding carboxylic acids is 4. The molecule has 3 rings (SSSR count). The van der Waals surface area contributed by atoms with Crippen LogP contribution in [0.15, 0.2) is 42.5 Å². The van der Waals surface area contributed by atoms with Gasteiger partial charge in [0.15, 0.2) is 6.61 Å². The SMILES string of the molecule is C[C@@H](NC(=O)COC(=O)CCN1C(=O)[C@H]2CC=CC[C@@H]2C1=O)c1ccccc1. The topological polar surface area (TPSA) is 92.8 Å². The first-order valence-corrected chi connectivity index (χ1v) is 9.47. The number of nitrogens with one attached hydrogen (secondary N) is 1. The van der Waals surface area contributed by atoms with Gasteiger partial charge in [-0.05, 0) is 25.3 Å². The Morgan fingerprint density at radius 1 is 1.11 bits per heavy atom. The van der Waals surface area contributed by atoms with E-state index >= 15 is 0 Å². The average molecular weight is 384 g/mol. The van der Waals surface area contributed by atoms with Crippen LogP contribution in [0.5, 0.6) is 0 Å². The van der Waals surface area contributed by atoms with Crippen molar-refractivity contribution < 1.29 is 23.9 Å². The van der Waals surface area contributed by atoms with Gasteiger partial charge in [0.2, 0.25) is 11.8 Å². The molecule has 0 aromatic heterocycles. The lowest BCUT2D eigenvalue weighted by molar-refractivity contribution is -0.150. The van der Waals surface area contributed by atoms with Crippen LogP contribution in [-0.2, 0) is 23.9 Å². The van der Waals surface area contributed by atoms with Gasteiger partial charge in [0.25, 0.3) is 5.91 Å². The first kappa shape index (κ1) is 19.8. The van der Waals surface area contributed by atoms with Gasteiger partial charge < -0.3 is 10.1 Å². The maximum Gasteiger partial charge on any atom is 0.308 e. The largest absolute Gasteiger partial charge is 0.456 e. The number of benzene rings is 1. The smallest absolute Gasteiger partial charge is 0.308 e. The second-order valence-corrected chi connectivity index (χ2v) is 7.09. The number of amides is 3. The van der Waals surface area contributed by atoms with E-state index in [2.05, 4.69) is 5.32 Å². The number of nitrogens with zero attached hydrogens (tertiary/aromatic N) is 1. The summed E-state index contributed by atoms with van der Waals surface area (Å²) >= 11 is 0. The normalized spacial score (nSPS) is 22.0. The van der Waals surface area contributed by atoms with Crippen LogP contribution in [0.4, 0.5) is 0 Å². The van der Waals surface area contributed by atoms with Crippen LogP contribution >= 0.6 is 0 Å². The summed E-state index contributed by atoms with van der Waals surface area (Å²) in [7, 11) is 0. The van der Waals surface area contributed by atoms with Crippen molar-refractivity contribution in [3.63, 3.8) is 0 Å². The van der Waals surface area contributed by atoms with E-state index in [9.17, 15) is 19.2 Å². The number of rotatable bonds is 7. The van der Waals surface area contributed by atoms with Crippen molar-refractivity contribution in [3.8, 4) is 0 Å². The van der Waals surface area contributed by atoms with E-state index in [0.717, 1.165) is 10.5 Å². The fourth-order valence-electron chi connectivity index (χ4n) is 3.62. The van der Waals surface area contributed by atoms with E-state index in [1.54, 1.807) is 0 Å². The summed E-state index contributed by atoms with van der Waals surface area (Å²) in [5, 5.41) is 2.75. The highest BCUT2D eigenvalue weighted by molar-refractivity contribution is 6.05. The molecule has 1 aliphatic carbocycles. The van der Waals surface area contributed by atoms with Crippen LogP contribution in [0.1, 0.15) is 37.8 Å². The fraction of sp³-hybridized carbons (Fsp3) is 0.429. The van der Waals surface area contributed by atoms with Crippen LogP contribution in [0.25, 0.3) is 0 Å². The molecule has 3 atom stereocenters. The Kier molecular flexibility index (Phi) is 6.23. The standard InChI is InChI=1S/C21H24N2O5/c1-14(15-7-3-2-4-8-15)22-18(24)13-28-19(25)11-12-23-20(26)16-9-5-6-10-17(16)21(23)27/h2-8,14,16-17H,9-13H2,1H3,(H,22,24)/t14-,16+,17+/m1/s1.